The van der Waals surface area contributed by atoms with Gasteiger partial charge in [-0.25, -0.2) is 22.5 Å². The van der Waals surface area contributed by atoms with Gasteiger partial charge in [0.1, 0.15) is 22.3 Å². The highest BCUT2D eigenvalue weighted by molar-refractivity contribution is 7.89. The Morgan fingerprint density at radius 3 is 2.69 bits per heavy atom. The molecule has 0 bridgehead atoms. The fourth-order valence-corrected chi connectivity index (χ4v) is 4.37. The lowest BCUT2D eigenvalue weighted by molar-refractivity contribution is 0.394. The van der Waals surface area contributed by atoms with Gasteiger partial charge in [-0.2, -0.15) is 0 Å². The lowest BCUT2D eigenvalue weighted by atomic mass is 9.97. The molecule has 0 radical (unpaired) electrons. The van der Waals surface area contributed by atoms with Crippen LogP contribution >= 0.6 is 0 Å². The van der Waals surface area contributed by atoms with Crippen molar-refractivity contribution in [3.8, 4) is 5.75 Å². The van der Waals surface area contributed by atoms with E-state index in [1.165, 1.54) is 19.2 Å². The van der Waals surface area contributed by atoms with E-state index in [1.807, 2.05) is 18.2 Å². The highest BCUT2D eigenvalue weighted by atomic mass is 32.2. The minimum absolute atomic E-state index is 0.129. The molecule has 8 heteroatoms. The quantitative estimate of drug-likeness (QED) is 0.835. The highest BCUT2D eigenvalue weighted by Gasteiger charge is 2.24. The van der Waals surface area contributed by atoms with Crippen LogP contribution in [-0.4, -0.2) is 40.1 Å². The van der Waals surface area contributed by atoms with Crippen molar-refractivity contribution in [2.24, 2.45) is 5.92 Å². The van der Waals surface area contributed by atoms with Gasteiger partial charge >= 0.3 is 0 Å². The zero-order chi connectivity index (χ0) is 18.6. The number of ether oxygens (including phenoxy) is 1. The van der Waals surface area contributed by atoms with Gasteiger partial charge in [0.05, 0.1) is 7.11 Å². The minimum Gasteiger partial charge on any atom is -0.495 e. The predicted molar refractivity (Wildman–Crippen MR) is 97.3 cm³/mol. The first-order valence-electron chi connectivity index (χ1n) is 8.49. The molecule has 1 N–H and O–H groups in total. The van der Waals surface area contributed by atoms with Crippen LogP contribution in [0.1, 0.15) is 12.8 Å². The van der Waals surface area contributed by atoms with Crippen LogP contribution in [0.15, 0.2) is 47.5 Å². The Labute approximate surface area is 153 Å². The standard InChI is InChI=1S/C18H22FN3O3S/c1-25-16-6-5-15(19)12-17(16)26(23,24)21-13-14-7-10-22(11-8-14)18-4-2-3-9-20-18/h2-6,9,12,14,21H,7-8,10-11,13H2,1H3. The van der Waals surface area contributed by atoms with Crippen molar-refractivity contribution in [1.82, 2.24) is 9.71 Å². The van der Waals surface area contributed by atoms with Crippen molar-refractivity contribution in [2.75, 3.05) is 31.6 Å². The molecule has 1 saturated heterocycles. The van der Waals surface area contributed by atoms with Gasteiger partial charge in [0.15, 0.2) is 0 Å². The van der Waals surface area contributed by atoms with Crippen molar-refractivity contribution in [3.63, 3.8) is 0 Å². The van der Waals surface area contributed by atoms with Gasteiger partial charge in [0.2, 0.25) is 10.0 Å². The summed E-state index contributed by atoms with van der Waals surface area (Å²) in [5.74, 6) is 0.680. The zero-order valence-electron chi connectivity index (χ0n) is 14.6. The number of sulfonamides is 1. The fraction of sp³-hybridized carbons (Fsp3) is 0.389. The van der Waals surface area contributed by atoms with Gasteiger partial charge < -0.3 is 9.64 Å². The van der Waals surface area contributed by atoms with Gasteiger partial charge in [-0.15, -0.1) is 0 Å². The molecule has 1 fully saturated rings. The molecule has 0 aliphatic carbocycles. The van der Waals surface area contributed by atoms with Gasteiger partial charge in [-0.05, 0) is 49.1 Å². The van der Waals surface area contributed by atoms with Crippen LogP contribution in [0, 0.1) is 11.7 Å². The number of nitrogens with zero attached hydrogens (tertiary/aromatic N) is 2. The molecule has 26 heavy (non-hydrogen) atoms. The lowest BCUT2D eigenvalue weighted by Crippen LogP contribution is -2.39. The molecule has 0 saturated carbocycles. The second-order valence-electron chi connectivity index (χ2n) is 6.27. The van der Waals surface area contributed by atoms with Crippen LogP contribution < -0.4 is 14.4 Å². The van der Waals surface area contributed by atoms with Crippen LogP contribution in [0.25, 0.3) is 0 Å². The van der Waals surface area contributed by atoms with Crippen molar-refractivity contribution in [2.45, 2.75) is 17.7 Å². The van der Waals surface area contributed by atoms with Crippen LogP contribution in [0.2, 0.25) is 0 Å². The van der Waals surface area contributed by atoms with Crippen LogP contribution in [0.5, 0.6) is 5.75 Å². The molecule has 1 aliphatic heterocycles. The molecule has 1 aromatic heterocycles. The topological polar surface area (TPSA) is 71.5 Å². The Balaban J connectivity index is 1.59. The molecular weight excluding hydrogens is 357 g/mol. The van der Waals surface area contributed by atoms with E-state index in [9.17, 15) is 12.8 Å². The average Bonchev–Trinajstić information content (AvgIpc) is 2.67. The summed E-state index contributed by atoms with van der Waals surface area (Å²) in [5, 5.41) is 0. The SMILES string of the molecule is COc1ccc(F)cc1S(=O)(=O)NCC1CCN(c2ccccn2)CC1. The van der Waals surface area contributed by atoms with E-state index in [0.717, 1.165) is 37.8 Å². The van der Waals surface area contributed by atoms with Crippen molar-refractivity contribution in [3.05, 3.63) is 48.4 Å². The molecule has 2 heterocycles. The van der Waals surface area contributed by atoms with E-state index in [0.29, 0.717) is 6.54 Å². The van der Waals surface area contributed by atoms with Crippen molar-refractivity contribution in [1.29, 1.82) is 0 Å². The predicted octanol–water partition coefficient (Wildman–Crippen LogP) is 2.42. The van der Waals surface area contributed by atoms with Crippen LogP contribution in [0.3, 0.4) is 0 Å². The second-order valence-corrected chi connectivity index (χ2v) is 8.00. The van der Waals surface area contributed by atoms with Crippen LogP contribution in [0.4, 0.5) is 10.2 Å². The van der Waals surface area contributed by atoms with E-state index in [4.69, 9.17) is 4.74 Å². The van der Waals surface area contributed by atoms with Gasteiger partial charge in [0, 0.05) is 25.8 Å². The number of hydrogen-bond donors (Lipinski definition) is 1. The Kier molecular flexibility index (Phi) is 5.73. The molecule has 2 aromatic rings. The van der Waals surface area contributed by atoms with Gasteiger partial charge in [-0.3, -0.25) is 0 Å². The first-order valence-corrected chi connectivity index (χ1v) is 9.97. The van der Waals surface area contributed by atoms with Gasteiger partial charge in [0.25, 0.3) is 0 Å². The molecule has 0 unspecified atom stereocenters. The summed E-state index contributed by atoms with van der Waals surface area (Å²) in [7, 11) is -2.47. The number of hydrogen-bond acceptors (Lipinski definition) is 5. The largest absolute Gasteiger partial charge is 0.495 e. The number of halogens is 1. The third-order valence-electron chi connectivity index (χ3n) is 4.57. The first-order chi connectivity index (χ1) is 12.5. The molecular formula is C18H22FN3O3S. The Hall–Kier alpha value is -2.19. The Morgan fingerprint density at radius 1 is 1.27 bits per heavy atom. The Bertz CT molecular complexity index is 838. The van der Waals surface area contributed by atoms with Crippen molar-refractivity contribution >= 4 is 15.8 Å². The number of piperidine rings is 1. The summed E-state index contributed by atoms with van der Waals surface area (Å²) >= 11 is 0. The molecule has 0 atom stereocenters. The number of anilines is 1. The van der Waals surface area contributed by atoms with Crippen molar-refractivity contribution < 1.29 is 17.5 Å². The number of nitrogens with one attached hydrogen (secondary N) is 1. The Morgan fingerprint density at radius 2 is 2.04 bits per heavy atom. The molecule has 0 spiro atoms. The van der Waals surface area contributed by atoms with Gasteiger partial charge in [-0.1, -0.05) is 6.07 Å². The molecule has 3 rings (SSSR count). The molecule has 1 aromatic carbocycles. The van der Waals surface area contributed by atoms with E-state index >= 15 is 0 Å². The monoisotopic (exact) mass is 379 g/mol. The number of methoxy groups -OCH3 is 1. The number of rotatable bonds is 6. The van der Waals surface area contributed by atoms with E-state index in [-0.39, 0.29) is 16.6 Å². The maximum Gasteiger partial charge on any atom is 0.244 e. The zero-order valence-corrected chi connectivity index (χ0v) is 15.4. The molecule has 1 aliphatic rings. The maximum atomic E-state index is 13.5. The smallest absolute Gasteiger partial charge is 0.244 e. The number of pyridine rings is 1. The lowest BCUT2D eigenvalue weighted by Gasteiger charge is -2.32. The minimum atomic E-state index is -3.83. The summed E-state index contributed by atoms with van der Waals surface area (Å²) in [5.41, 5.74) is 0. The van der Waals surface area contributed by atoms with E-state index in [2.05, 4.69) is 14.6 Å². The fourth-order valence-electron chi connectivity index (χ4n) is 3.07. The molecule has 140 valence electrons. The second kappa shape index (κ2) is 8.01. The summed E-state index contributed by atoms with van der Waals surface area (Å²) < 4.78 is 46.1. The number of aromatic nitrogens is 1. The normalized spacial score (nSPS) is 15.8. The third kappa shape index (κ3) is 4.31. The van der Waals surface area contributed by atoms with E-state index in [1.54, 1.807) is 6.20 Å². The van der Waals surface area contributed by atoms with Crippen LogP contribution in [-0.2, 0) is 10.0 Å². The maximum absolute atomic E-state index is 13.5. The summed E-state index contributed by atoms with van der Waals surface area (Å²) in [4.78, 5) is 6.36. The van der Waals surface area contributed by atoms with E-state index < -0.39 is 15.8 Å². The molecule has 0 amide bonds. The highest BCUT2D eigenvalue weighted by Crippen LogP contribution is 2.25. The summed E-state index contributed by atoms with van der Waals surface area (Å²) in [6.45, 7) is 1.97. The molecule has 6 nitrogen and oxygen atoms in total. The third-order valence-corrected chi connectivity index (χ3v) is 6.01. The first kappa shape index (κ1) is 18.6. The number of benzene rings is 1. The average molecular weight is 379 g/mol. The summed E-state index contributed by atoms with van der Waals surface area (Å²) in [6, 6.07) is 9.27. The summed E-state index contributed by atoms with van der Waals surface area (Å²) in [6.07, 6.45) is 3.49.